The highest BCUT2D eigenvalue weighted by molar-refractivity contribution is 7.99. The monoisotopic (exact) mass is 293 g/mol. The van der Waals surface area contributed by atoms with Crippen LogP contribution in [0.25, 0.3) is 0 Å². The zero-order valence-electron chi connectivity index (χ0n) is 12.9. The maximum atomic E-state index is 5.74. The van der Waals surface area contributed by atoms with Gasteiger partial charge >= 0.3 is 0 Å². The Bertz CT molecular complexity index is 410. The summed E-state index contributed by atoms with van der Waals surface area (Å²) in [4.78, 5) is 0. The van der Waals surface area contributed by atoms with E-state index in [2.05, 4.69) is 49.1 Å². The maximum Gasteiger partial charge on any atom is 0.124 e. The van der Waals surface area contributed by atoms with Gasteiger partial charge in [0.05, 0.1) is 6.61 Å². The molecule has 2 rings (SSSR count). The fourth-order valence-electron chi connectivity index (χ4n) is 3.05. The molecule has 0 aromatic heterocycles. The van der Waals surface area contributed by atoms with Crippen molar-refractivity contribution in [2.24, 2.45) is 0 Å². The van der Waals surface area contributed by atoms with E-state index in [0.717, 1.165) is 17.6 Å². The van der Waals surface area contributed by atoms with Crippen LogP contribution in [0.15, 0.2) is 24.3 Å². The lowest BCUT2D eigenvalue weighted by atomic mass is 10.1. The molecular formula is C17H27NOS. The first-order valence-electron chi connectivity index (χ1n) is 7.84. The van der Waals surface area contributed by atoms with Crippen LogP contribution in [-0.2, 0) is 0 Å². The number of nitrogens with one attached hydrogen (secondary N) is 1. The first-order valence-corrected chi connectivity index (χ1v) is 8.88. The van der Waals surface area contributed by atoms with Crippen LogP contribution in [0.1, 0.15) is 51.6 Å². The van der Waals surface area contributed by atoms with Gasteiger partial charge < -0.3 is 10.1 Å². The number of rotatable bonds is 7. The van der Waals surface area contributed by atoms with Crippen LogP contribution in [0.2, 0.25) is 0 Å². The zero-order chi connectivity index (χ0) is 14.4. The van der Waals surface area contributed by atoms with E-state index < -0.39 is 0 Å². The highest BCUT2D eigenvalue weighted by Gasteiger charge is 2.26. The Morgan fingerprint density at radius 1 is 1.30 bits per heavy atom. The molecule has 3 heteroatoms. The molecule has 2 nitrogen and oxygen atoms in total. The van der Waals surface area contributed by atoms with Crippen LogP contribution < -0.4 is 10.1 Å². The van der Waals surface area contributed by atoms with Crippen molar-refractivity contribution in [1.82, 2.24) is 5.32 Å². The lowest BCUT2D eigenvalue weighted by Gasteiger charge is -2.22. The van der Waals surface area contributed by atoms with Crippen molar-refractivity contribution in [1.29, 1.82) is 0 Å². The Morgan fingerprint density at radius 2 is 2.10 bits per heavy atom. The van der Waals surface area contributed by atoms with Crippen LogP contribution in [0, 0.1) is 0 Å². The van der Waals surface area contributed by atoms with E-state index in [0.29, 0.717) is 12.1 Å². The third kappa shape index (κ3) is 4.16. The van der Waals surface area contributed by atoms with Gasteiger partial charge in [0.15, 0.2) is 0 Å². The maximum absolute atomic E-state index is 5.74. The van der Waals surface area contributed by atoms with Gasteiger partial charge in [0.25, 0.3) is 0 Å². The van der Waals surface area contributed by atoms with Gasteiger partial charge in [0.2, 0.25) is 0 Å². The third-order valence-electron chi connectivity index (χ3n) is 3.96. The van der Waals surface area contributed by atoms with E-state index in [1.807, 2.05) is 13.0 Å². The molecule has 0 aliphatic heterocycles. The predicted octanol–water partition coefficient (Wildman–Crippen LogP) is 4.41. The lowest BCUT2D eigenvalue weighted by Crippen LogP contribution is -2.29. The second kappa shape index (κ2) is 7.94. The number of para-hydroxylation sites is 1. The van der Waals surface area contributed by atoms with Crippen molar-refractivity contribution in [3.63, 3.8) is 0 Å². The summed E-state index contributed by atoms with van der Waals surface area (Å²) in [5.41, 5.74) is 1.28. The highest BCUT2D eigenvalue weighted by atomic mass is 32.2. The summed E-state index contributed by atoms with van der Waals surface area (Å²) >= 11 is 2.11. The summed E-state index contributed by atoms with van der Waals surface area (Å²) < 4.78 is 5.74. The van der Waals surface area contributed by atoms with E-state index in [9.17, 15) is 0 Å². The number of thioether (sulfide) groups is 1. The van der Waals surface area contributed by atoms with Gasteiger partial charge in [-0.1, -0.05) is 25.1 Å². The molecule has 1 aliphatic rings. The Kier molecular flexibility index (Phi) is 6.24. The molecule has 0 spiro atoms. The second-order valence-corrected chi connectivity index (χ2v) is 7.02. The molecule has 0 radical (unpaired) electrons. The summed E-state index contributed by atoms with van der Waals surface area (Å²) in [6.07, 6.45) is 3.97. The number of ether oxygens (including phenoxy) is 1. The molecule has 0 bridgehead atoms. The molecule has 1 aromatic rings. The van der Waals surface area contributed by atoms with E-state index in [4.69, 9.17) is 4.74 Å². The largest absolute Gasteiger partial charge is 0.494 e. The molecule has 20 heavy (non-hydrogen) atoms. The standard InChI is InChI=1S/C17H27NOS/c1-4-19-17-9-7-6-8-16(17)13(3)18-14-10-11-15(12-14)20-5-2/h6-9,13-15,18H,4-5,10-12H2,1-3H3. The molecular weight excluding hydrogens is 266 g/mol. The molecule has 0 heterocycles. The van der Waals surface area contributed by atoms with E-state index in [1.54, 1.807) is 0 Å². The Labute approximate surface area is 127 Å². The summed E-state index contributed by atoms with van der Waals surface area (Å²) in [6.45, 7) is 7.27. The van der Waals surface area contributed by atoms with Gasteiger partial charge in [0, 0.05) is 22.9 Å². The molecule has 112 valence electrons. The zero-order valence-corrected chi connectivity index (χ0v) is 13.7. The first kappa shape index (κ1) is 15.7. The SMILES string of the molecule is CCOc1ccccc1C(C)NC1CCC(SCC)C1. The molecule has 3 atom stereocenters. The molecule has 3 unspecified atom stereocenters. The summed E-state index contributed by atoms with van der Waals surface area (Å²) in [5, 5.41) is 4.64. The van der Waals surface area contributed by atoms with Gasteiger partial charge in [-0.15, -0.1) is 0 Å². The molecule has 1 aliphatic carbocycles. The minimum Gasteiger partial charge on any atom is -0.494 e. The fourth-order valence-corrected chi connectivity index (χ4v) is 4.19. The fraction of sp³-hybridized carbons (Fsp3) is 0.647. The highest BCUT2D eigenvalue weighted by Crippen LogP contribution is 2.32. The smallest absolute Gasteiger partial charge is 0.124 e. The molecule has 1 N–H and O–H groups in total. The topological polar surface area (TPSA) is 21.3 Å². The predicted molar refractivity (Wildman–Crippen MR) is 88.7 cm³/mol. The molecule has 0 amide bonds. The van der Waals surface area contributed by atoms with E-state index in [1.165, 1.54) is 30.6 Å². The van der Waals surface area contributed by atoms with E-state index >= 15 is 0 Å². The van der Waals surface area contributed by atoms with Gasteiger partial charge in [-0.3, -0.25) is 0 Å². The van der Waals surface area contributed by atoms with Crippen molar-refractivity contribution in [2.75, 3.05) is 12.4 Å². The second-order valence-electron chi connectivity index (χ2n) is 5.45. The quantitative estimate of drug-likeness (QED) is 0.804. The van der Waals surface area contributed by atoms with Crippen molar-refractivity contribution in [3.05, 3.63) is 29.8 Å². The van der Waals surface area contributed by atoms with Crippen molar-refractivity contribution < 1.29 is 4.74 Å². The Morgan fingerprint density at radius 3 is 2.85 bits per heavy atom. The van der Waals surface area contributed by atoms with Crippen molar-refractivity contribution in [2.45, 2.75) is 57.4 Å². The van der Waals surface area contributed by atoms with Crippen molar-refractivity contribution in [3.8, 4) is 5.75 Å². The van der Waals surface area contributed by atoms with Crippen LogP contribution in [0.4, 0.5) is 0 Å². The van der Waals surface area contributed by atoms with Crippen molar-refractivity contribution >= 4 is 11.8 Å². The van der Waals surface area contributed by atoms with Gasteiger partial charge in [-0.05, 0) is 44.9 Å². The van der Waals surface area contributed by atoms with Crippen LogP contribution in [-0.4, -0.2) is 23.7 Å². The van der Waals surface area contributed by atoms with Crippen LogP contribution in [0.5, 0.6) is 5.75 Å². The minimum absolute atomic E-state index is 0.355. The van der Waals surface area contributed by atoms with E-state index in [-0.39, 0.29) is 0 Å². The molecule has 1 aromatic carbocycles. The Balaban J connectivity index is 1.93. The summed E-state index contributed by atoms with van der Waals surface area (Å²) in [6, 6.07) is 9.40. The Hall–Kier alpha value is -0.670. The lowest BCUT2D eigenvalue weighted by molar-refractivity contribution is 0.330. The number of hydrogen-bond acceptors (Lipinski definition) is 3. The number of benzene rings is 1. The summed E-state index contributed by atoms with van der Waals surface area (Å²) in [5.74, 6) is 2.26. The molecule has 0 saturated heterocycles. The van der Waals surface area contributed by atoms with Crippen LogP contribution >= 0.6 is 11.8 Å². The molecule has 1 saturated carbocycles. The van der Waals surface area contributed by atoms with Gasteiger partial charge in [-0.2, -0.15) is 11.8 Å². The molecule has 1 fully saturated rings. The van der Waals surface area contributed by atoms with Crippen LogP contribution in [0.3, 0.4) is 0 Å². The average molecular weight is 293 g/mol. The first-order chi connectivity index (χ1) is 9.74. The minimum atomic E-state index is 0.355. The average Bonchev–Trinajstić information content (AvgIpc) is 2.87. The van der Waals surface area contributed by atoms with Gasteiger partial charge in [0.1, 0.15) is 5.75 Å². The third-order valence-corrected chi connectivity index (χ3v) is 5.19. The summed E-state index contributed by atoms with van der Waals surface area (Å²) in [7, 11) is 0. The number of hydrogen-bond donors (Lipinski definition) is 1. The normalized spacial score (nSPS) is 23.8. The van der Waals surface area contributed by atoms with Gasteiger partial charge in [-0.25, -0.2) is 0 Å².